The fourth-order valence-corrected chi connectivity index (χ4v) is 3.76. The van der Waals surface area contributed by atoms with Crippen molar-refractivity contribution in [2.75, 3.05) is 26.0 Å². The fourth-order valence-electron chi connectivity index (χ4n) is 2.85. The van der Waals surface area contributed by atoms with E-state index in [1.807, 2.05) is 36.4 Å². The lowest BCUT2D eigenvalue weighted by Crippen LogP contribution is -2.42. The van der Waals surface area contributed by atoms with Crippen molar-refractivity contribution in [3.05, 3.63) is 59.4 Å². The lowest BCUT2D eigenvalue weighted by molar-refractivity contribution is -0.128. The Morgan fingerprint density at radius 3 is 2.81 bits per heavy atom. The molecular formula is C21H20ClN3O5S. The number of ether oxygens (including phenoxy) is 3. The minimum atomic E-state index is -0.231. The van der Waals surface area contributed by atoms with E-state index in [9.17, 15) is 4.79 Å². The van der Waals surface area contributed by atoms with Crippen LogP contribution in [0, 0.1) is 0 Å². The van der Waals surface area contributed by atoms with E-state index < -0.39 is 0 Å². The molecule has 10 heteroatoms. The van der Waals surface area contributed by atoms with Crippen LogP contribution < -0.4 is 14.2 Å². The van der Waals surface area contributed by atoms with Crippen LogP contribution in [0.3, 0.4) is 0 Å². The van der Waals surface area contributed by atoms with E-state index in [0.29, 0.717) is 46.5 Å². The second kappa shape index (κ2) is 9.93. The molecule has 31 heavy (non-hydrogen) atoms. The first-order valence-corrected chi connectivity index (χ1v) is 10.9. The van der Waals surface area contributed by atoms with E-state index in [1.54, 1.807) is 24.1 Å². The summed E-state index contributed by atoms with van der Waals surface area (Å²) < 4.78 is 22.7. The summed E-state index contributed by atoms with van der Waals surface area (Å²) in [6.45, 7) is 0.889. The van der Waals surface area contributed by atoms with Crippen LogP contribution in [0.15, 0.2) is 58.2 Å². The summed E-state index contributed by atoms with van der Waals surface area (Å²) in [4.78, 5) is 14.1. The van der Waals surface area contributed by atoms with Crippen LogP contribution in [-0.4, -0.2) is 53.1 Å². The molecule has 0 bridgehead atoms. The average molecular weight is 462 g/mol. The molecule has 1 amide bonds. The van der Waals surface area contributed by atoms with Gasteiger partial charge >= 0.3 is 0 Å². The number of fused-ring (bicyclic) bond motifs is 1. The number of amides is 1. The van der Waals surface area contributed by atoms with Gasteiger partial charge in [0.25, 0.3) is 11.1 Å². The summed E-state index contributed by atoms with van der Waals surface area (Å²) in [6, 6.07) is 14.6. The monoisotopic (exact) mass is 461 g/mol. The van der Waals surface area contributed by atoms with E-state index in [2.05, 4.69) is 10.2 Å². The lowest BCUT2D eigenvalue weighted by atomic mass is 10.2. The number of aromatic nitrogens is 2. The second-order valence-electron chi connectivity index (χ2n) is 6.74. The second-order valence-corrected chi connectivity index (χ2v) is 8.08. The largest absolute Gasteiger partial charge is 0.486 e. The molecule has 1 aliphatic rings. The summed E-state index contributed by atoms with van der Waals surface area (Å²) >= 11 is 7.22. The number of hydrogen-bond donors (Lipinski definition) is 0. The van der Waals surface area contributed by atoms with Crippen molar-refractivity contribution in [1.29, 1.82) is 0 Å². The van der Waals surface area contributed by atoms with Crippen molar-refractivity contribution in [1.82, 2.24) is 15.1 Å². The summed E-state index contributed by atoms with van der Waals surface area (Å²) in [7, 11) is 1.73. The Kier molecular flexibility index (Phi) is 6.83. The third kappa shape index (κ3) is 5.62. The number of carbonyl (C=O) groups is 1. The predicted molar refractivity (Wildman–Crippen MR) is 115 cm³/mol. The molecule has 2 heterocycles. The van der Waals surface area contributed by atoms with Gasteiger partial charge in [0.2, 0.25) is 5.91 Å². The molecule has 3 aromatic rings. The zero-order valence-corrected chi connectivity index (χ0v) is 18.3. The van der Waals surface area contributed by atoms with Crippen LogP contribution in [-0.2, 0) is 11.4 Å². The number of benzene rings is 2. The molecule has 2 aromatic carbocycles. The van der Waals surface area contributed by atoms with Crippen LogP contribution in [0.4, 0.5) is 0 Å². The highest BCUT2D eigenvalue weighted by molar-refractivity contribution is 7.99. The maximum atomic E-state index is 12.5. The van der Waals surface area contributed by atoms with Crippen LogP contribution in [0.1, 0.15) is 5.89 Å². The maximum Gasteiger partial charge on any atom is 0.277 e. The molecule has 1 atom stereocenters. The molecule has 0 aliphatic carbocycles. The van der Waals surface area contributed by atoms with E-state index in [0.717, 1.165) is 0 Å². The Morgan fingerprint density at radius 1 is 1.19 bits per heavy atom. The molecule has 162 valence electrons. The van der Waals surface area contributed by atoms with Gasteiger partial charge in [0.05, 0.1) is 17.3 Å². The van der Waals surface area contributed by atoms with Gasteiger partial charge in [-0.25, -0.2) is 0 Å². The first kappa shape index (κ1) is 21.3. The molecular weight excluding hydrogens is 442 g/mol. The highest BCUT2D eigenvalue weighted by Crippen LogP contribution is 2.31. The van der Waals surface area contributed by atoms with Gasteiger partial charge in [0, 0.05) is 7.05 Å². The van der Waals surface area contributed by atoms with Crippen molar-refractivity contribution >= 4 is 29.3 Å². The van der Waals surface area contributed by atoms with Crippen LogP contribution in [0.25, 0.3) is 0 Å². The van der Waals surface area contributed by atoms with Crippen molar-refractivity contribution in [3.63, 3.8) is 0 Å². The summed E-state index contributed by atoms with van der Waals surface area (Å²) in [5.41, 5.74) is 0. The van der Waals surface area contributed by atoms with Gasteiger partial charge in [0.15, 0.2) is 24.2 Å². The number of carbonyl (C=O) groups excluding carboxylic acids is 1. The highest BCUT2D eigenvalue weighted by atomic mass is 35.5. The van der Waals surface area contributed by atoms with E-state index >= 15 is 0 Å². The smallest absolute Gasteiger partial charge is 0.277 e. The van der Waals surface area contributed by atoms with E-state index in [-0.39, 0.29) is 24.4 Å². The van der Waals surface area contributed by atoms with Crippen molar-refractivity contribution < 1.29 is 23.4 Å². The zero-order chi connectivity index (χ0) is 21.6. The Bertz CT molecular complexity index is 1050. The number of hydrogen-bond acceptors (Lipinski definition) is 8. The molecule has 0 fully saturated rings. The molecule has 0 radical (unpaired) electrons. The van der Waals surface area contributed by atoms with Crippen LogP contribution >= 0.6 is 23.4 Å². The number of thioether (sulfide) groups is 1. The normalized spacial score (nSPS) is 14.8. The predicted octanol–water partition coefficient (Wildman–Crippen LogP) is 3.69. The molecule has 1 unspecified atom stereocenters. The Morgan fingerprint density at radius 2 is 1.97 bits per heavy atom. The Labute approximate surface area is 188 Å². The summed E-state index contributed by atoms with van der Waals surface area (Å²) in [6.07, 6.45) is -0.231. The molecule has 1 aliphatic heterocycles. The first-order valence-electron chi connectivity index (χ1n) is 9.53. The van der Waals surface area contributed by atoms with Gasteiger partial charge in [-0.1, -0.05) is 47.6 Å². The summed E-state index contributed by atoms with van der Waals surface area (Å²) in [5.74, 6) is 2.31. The molecule has 8 nitrogen and oxygen atoms in total. The highest BCUT2D eigenvalue weighted by Gasteiger charge is 2.24. The number of para-hydroxylation sites is 3. The zero-order valence-electron chi connectivity index (χ0n) is 16.7. The van der Waals surface area contributed by atoms with Crippen LogP contribution in [0.2, 0.25) is 5.02 Å². The third-order valence-corrected chi connectivity index (χ3v) is 5.54. The third-order valence-electron chi connectivity index (χ3n) is 4.43. The SMILES string of the molecule is CN(CC1COc2ccccc2O1)C(=O)CSc1nnc(COc2ccccc2Cl)o1. The molecule has 0 saturated carbocycles. The molecule has 4 rings (SSSR count). The topological polar surface area (TPSA) is 86.9 Å². The van der Waals surface area contributed by atoms with E-state index in [1.165, 1.54) is 11.8 Å². The fraction of sp³-hybridized carbons (Fsp3) is 0.286. The number of rotatable bonds is 8. The molecule has 0 spiro atoms. The van der Waals surface area contributed by atoms with Gasteiger partial charge in [0.1, 0.15) is 12.4 Å². The molecule has 0 saturated heterocycles. The quantitative estimate of drug-likeness (QED) is 0.469. The lowest BCUT2D eigenvalue weighted by Gasteiger charge is -2.29. The van der Waals surface area contributed by atoms with E-state index in [4.69, 9.17) is 30.2 Å². The maximum absolute atomic E-state index is 12.5. The van der Waals surface area contributed by atoms with Gasteiger partial charge in [-0.15, -0.1) is 10.2 Å². The molecule has 0 N–H and O–H groups in total. The number of nitrogens with zero attached hydrogens (tertiary/aromatic N) is 3. The van der Waals surface area contributed by atoms with Crippen molar-refractivity contribution in [2.45, 2.75) is 17.9 Å². The molecule has 1 aromatic heterocycles. The average Bonchev–Trinajstić information content (AvgIpc) is 3.24. The minimum absolute atomic E-state index is 0.0838. The number of halogens is 1. The standard InChI is InChI=1S/C21H20ClN3O5S/c1-25(10-14-11-27-17-8-4-5-9-18(17)29-14)20(26)13-31-21-24-23-19(30-21)12-28-16-7-3-2-6-15(16)22/h2-9,14H,10-13H2,1H3. The Hall–Kier alpha value is -2.91. The Balaban J connectivity index is 1.22. The summed E-state index contributed by atoms with van der Waals surface area (Å²) in [5, 5.41) is 8.67. The van der Waals surface area contributed by atoms with Crippen LogP contribution in [0.5, 0.6) is 17.2 Å². The van der Waals surface area contributed by atoms with Gasteiger partial charge in [-0.3, -0.25) is 4.79 Å². The minimum Gasteiger partial charge on any atom is -0.486 e. The van der Waals surface area contributed by atoms with Gasteiger partial charge in [-0.05, 0) is 24.3 Å². The number of likely N-dealkylation sites (N-methyl/N-ethyl adjacent to an activating group) is 1. The van der Waals surface area contributed by atoms with Crippen molar-refractivity contribution in [2.24, 2.45) is 0 Å². The first-order chi connectivity index (χ1) is 15.1. The van der Waals surface area contributed by atoms with Gasteiger partial charge < -0.3 is 23.5 Å². The van der Waals surface area contributed by atoms with Gasteiger partial charge in [-0.2, -0.15) is 0 Å². The van der Waals surface area contributed by atoms with Crippen molar-refractivity contribution in [3.8, 4) is 17.2 Å².